The topological polar surface area (TPSA) is 60.4 Å². The van der Waals surface area contributed by atoms with Gasteiger partial charge in [0.05, 0.1) is 0 Å². The largest absolute Gasteiger partial charge is 0.417 e. The van der Waals surface area contributed by atoms with Crippen LogP contribution >= 0.6 is 11.6 Å². The summed E-state index contributed by atoms with van der Waals surface area (Å²) >= 11 is 5.53. The Morgan fingerprint density at radius 2 is 1.87 bits per heavy atom. The summed E-state index contributed by atoms with van der Waals surface area (Å²) in [6.07, 6.45) is 2.01. The molecule has 0 spiro atoms. The number of carbonyl (C=O) groups excluding carboxylic acids is 3. The van der Waals surface area contributed by atoms with E-state index in [1.165, 1.54) is 6.92 Å². The van der Waals surface area contributed by atoms with Crippen molar-refractivity contribution in [3.05, 3.63) is 35.1 Å². The zero-order valence-electron chi connectivity index (χ0n) is 7.87. The lowest BCUT2D eigenvalue weighted by atomic mass is 10.1. The van der Waals surface area contributed by atoms with Crippen LogP contribution in [0.4, 0.5) is 0 Å². The lowest BCUT2D eigenvalue weighted by Gasteiger charge is -2.09. The van der Waals surface area contributed by atoms with Crippen LogP contribution in [0.5, 0.6) is 0 Å². The Balaban J connectivity index is 2.98. The van der Waals surface area contributed by atoms with Gasteiger partial charge in [0, 0.05) is 5.57 Å². The zero-order valence-corrected chi connectivity index (χ0v) is 8.63. The molecule has 0 saturated carbocycles. The summed E-state index contributed by atoms with van der Waals surface area (Å²) in [6, 6.07) is 0. The second-order valence-corrected chi connectivity index (χ2v) is 3.25. The van der Waals surface area contributed by atoms with Crippen LogP contribution in [-0.2, 0) is 19.1 Å². The van der Waals surface area contributed by atoms with E-state index in [1.807, 2.05) is 0 Å². The lowest BCUT2D eigenvalue weighted by Crippen LogP contribution is -2.17. The highest BCUT2D eigenvalue weighted by molar-refractivity contribution is 6.47. The van der Waals surface area contributed by atoms with E-state index in [1.54, 1.807) is 0 Å². The Hall–Kier alpha value is -1.68. The molecular weight excluding hydrogens is 220 g/mol. The number of esters is 1. The molecule has 0 unspecified atom stereocenters. The minimum absolute atomic E-state index is 0.113. The van der Waals surface area contributed by atoms with Crippen LogP contribution in [-0.4, -0.2) is 17.5 Å². The highest BCUT2D eigenvalue weighted by Gasteiger charge is 2.25. The van der Waals surface area contributed by atoms with E-state index in [0.717, 1.165) is 12.2 Å². The Bertz CT molecular complexity index is 429. The average Bonchev–Trinajstić information content (AvgIpc) is 2.18. The molecule has 0 amide bonds. The third-order valence-electron chi connectivity index (χ3n) is 1.57. The van der Waals surface area contributed by atoms with Crippen LogP contribution < -0.4 is 0 Å². The SMILES string of the molecule is C=C(C)C(=O)OC1=C(Cl)C(=O)C=CC1=O. The van der Waals surface area contributed by atoms with E-state index in [9.17, 15) is 14.4 Å². The fourth-order valence-electron chi connectivity index (χ4n) is 0.795. The number of hydrogen-bond acceptors (Lipinski definition) is 4. The zero-order chi connectivity index (χ0) is 11.6. The van der Waals surface area contributed by atoms with Crippen molar-refractivity contribution in [3.8, 4) is 0 Å². The molecule has 0 aliphatic heterocycles. The second-order valence-electron chi connectivity index (χ2n) is 2.87. The van der Waals surface area contributed by atoms with Crippen LogP contribution in [0.1, 0.15) is 6.92 Å². The van der Waals surface area contributed by atoms with Crippen molar-refractivity contribution >= 4 is 29.1 Å². The van der Waals surface area contributed by atoms with E-state index in [-0.39, 0.29) is 5.57 Å². The number of allylic oxidation sites excluding steroid dienone is 3. The van der Waals surface area contributed by atoms with E-state index < -0.39 is 28.3 Å². The van der Waals surface area contributed by atoms with Crippen molar-refractivity contribution in [2.75, 3.05) is 0 Å². The molecule has 0 aromatic rings. The van der Waals surface area contributed by atoms with Crippen molar-refractivity contribution in [2.45, 2.75) is 6.92 Å². The van der Waals surface area contributed by atoms with Gasteiger partial charge in [-0.15, -0.1) is 0 Å². The highest BCUT2D eigenvalue weighted by atomic mass is 35.5. The standard InChI is InChI=1S/C10H7ClO4/c1-5(2)10(14)15-9-7(13)4-3-6(12)8(9)11/h3-4H,1H2,2H3. The predicted molar refractivity (Wildman–Crippen MR) is 52.9 cm³/mol. The predicted octanol–water partition coefficient (Wildman–Crippen LogP) is 1.26. The minimum Gasteiger partial charge on any atom is -0.417 e. The van der Waals surface area contributed by atoms with Crippen molar-refractivity contribution in [1.29, 1.82) is 0 Å². The van der Waals surface area contributed by atoms with Gasteiger partial charge in [-0.05, 0) is 19.1 Å². The molecule has 4 nitrogen and oxygen atoms in total. The molecule has 0 fully saturated rings. The Morgan fingerprint density at radius 3 is 2.40 bits per heavy atom. The average molecular weight is 227 g/mol. The van der Waals surface area contributed by atoms with E-state index in [0.29, 0.717) is 0 Å². The van der Waals surface area contributed by atoms with E-state index >= 15 is 0 Å². The normalized spacial score (nSPS) is 15.6. The van der Waals surface area contributed by atoms with Crippen molar-refractivity contribution in [1.82, 2.24) is 0 Å². The summed E-state index contributed by atoms with van der Waals surface area (Å²) in [6.45, 7) is 4.75. The van der Waals surface area contributed by atoms with Crippen LogP contribution in [0.25, 0.3) is 0 Å². The van der Waals surface area contributed by atoms with E-state index in [2.05, 4.69) is 11.3 Å². The minimum atomic E-state index is -0.792. The fraction of sp³-hybridized carbons (Fsp3) is 0.100. The molecule has 0 saturated heterocycles. The molecule has 0 bridgehead atoms. The number of hydrogen-bond donors (Lipinski definition) is 0. The molecule has 5 heteroatoms. The Labute approximate surface area is 90.9 Å². The van der Waals surface area contributed by atoms with Gasteiger partial charge in [-0.3, -0.25) is 9.59 Å². The third-order valence-corrected chi connectivity index (χ3v) is 1.93. The van der Waals surface area contributed by atoms with Gasteiger partial charge >= 0.3 is 5.97 Å². The van der Waals surface area contributed by atoms with Gasteiger partial charge in [-0.1, -0.05) is 18.2 Å². The number of ether oxygens (including phenoxy) is 1. The number of rotatable bonds is 2. The third kappa shape index (κ3) is 2.41. The first-order valence-corrected chi connectivity index (χ1v) is 4.35. The van der Waals surface area contributed by atoms with Gasteiger partial charge in [0.2, 0.25) is 17.3 Å². The van der Waals surface area contributed by atoms with Gasteiger partial charge in [0.15, 0.2) is 0 Å². The molecule has 0 radical (unpaired) electrons. The first-order valence-electron chi connectivity index (χ1n) is 3.97. The number of ketones is 2. The molecule has 0 aromatic heterocycles. The van der Waals surface area contributed by atoms with Gasteiger partial charge < -0.3 is 4.74 Å². The number of halogens is 1. The monoisotopic (exact) mass is 226 g/mol. The fourth-order valence-corrected chi connectivity index (χ4v) is 0.990. The lowest BCUT2D eigenvalue weighted by molar-refractivity contribution is -0.138. The number of carbonyl (C=O) groups is 3. The molecule has 0 aromatic carbocycles. The summed E-state index contributed by atoms with van der Waals surface area (Å²) in [5.74, 6) is -2.42. The van der Waals surface area contributed by atoms with E-state index in [4.69, 9.17) is 11.6 Å². The summed E-state index contributed by atoms with van der Waals surface area (Å²) in [4.78, 5) is 33.4. The first-order chi connectivity index (χ1) is 6.93. The summed E-state index contributed by atoms with van der Waals surface area (Å²) in [5.41, 5.74) is 0.113. The molecule has 0 heterocycles. The summed E-state index contributed by atoms with van der Waals surface area (Å²) in [5, 5.41) is -0.392. The highest BCUT2D eigenvalue weighted by Crippen LogP contribution is 2.19. The second kappa shape index (κ2) is 4.23. The van der Waals surface area contributed by atoms with Crippen molar-refractivity contribution in [2.24, 2.45) is 0 Å². The molecule has 78 valence electrons. The maximum Gasteiger partial charge on any atom is 0.338 e. The Morgan fingerprint density at radius 1 is 1.33 bits per heavy atom. The maximum absolute atomic E-state index is 11.2. The Kier molecular flexibility index (Phi) is 3.21. The smallest absolute Gasteiger partial charge is 0.338 e. The quantitative estimate of drug-likeness (QED) is 0.404. The summed E-state index contributed by atoms with van der Waals surface area (Å²) < 4.78 is 4.64. The van der Waals surface area contributed by atoms with Gasteiger partial charge in [0.1, 0.15) is 5.03 Å². The maximum atomic E-state index is 11.2. The van der Waals surface area contributed by atoms with Crippen LogP contribution in [0.3, 0.4) is 0 Å². The van der Waals surface area contributed by atoms with Gasteiger partial charge in [-0.25, -0.2) is 4.79 Å². The van der Waals surface area contributed by atoms with Crippen LogP contribution in [0, 0.1) is 0 Å². The van der Waals surface area contributed by atoms with Gasteiger partial charge in [-0.2, -0.15) is 0 Å². The molecular formula is C10H7ClO4. The molecule has 0 atom stereocenters. The first kappa shape index (κ1) is 11.4. The van der Waals surface area contributed by atoms with Crippen molar-refractivity contribution < 1.29 is 19.1 Å². The molecule has 0 N–H and O–H groups in total. The van der Waals surface area contributed by atoms with Crippen LogP contribution in [0.15, 0.2) is 35.1 Å². The van der Waals surface area contributed by atoms with Crippen LogP contribution in [0.2, 0.25) is 0 Å². The molecule has 1 rings (SSSR count). The summed E-state index contributed by atoms with van der Waals surface area (Å²) in [7, 11) is 0. The molecule has 15 heavy (non-hydrogen) atoms. The molecule has 1 aliphatic carbocycles. The van der Waals surface area contributed by atoms with Gasteiger partial charge in [0.25, 0.3) is 0 Å². The van der Waals surface area contributed by atoms with Crippen molar-refractivity contribution in [3.63, 3.8) is 0 Å². The molecule has 1 aliphatic rings.